The molecule has 0 aromatic carbocycles. The molecule has 0 saturated carbocycles. The minimum Gasteiger partial charge on any atom is -0.380 e. The summed E-state index contributed by atoms with van der Waals surface area (Å²) in [4.78, 5) is 7.11. The second-order valence-electron chi connectivity index (χ2n) is 6.29. The molecule has 1 heterocycles. The number of aromatic nitrogens is 1. The van der Waals surface area contributed by atoms with Gasteiger partial charge in [-0.1, -0.05) is 13.0 Å². The third-order valence-corrected chi connectivity index (χ3v) is 3.25. The molecular formula is C17H31N3O. The van der Waals surface area contributed by atoms with Crippen LogP contribution in [-0.2, 0) is 17.8 Å². The first-order chi connectivity index (χ1) is 9.94. The molecule has 4 nitrogen and oxygen atoms in total. The molecule has 0 saturated heterocycles. The van der Waals surface area contributed by atoms with E-state index < -0.39 is 0 Å². The number of nitrogens with zero attached hydrogens (tertiary/aromatic N) is 2. The Labute approximate surface area is 129 Å². The van der Waals surface area contributed by atoms with E-state index in [2.05, 4.69) is 56.1 Å². The van der Waals surface area contributed by atoms with Gasteiger partial charge in [-0.15, -0.1) is 0 Å². The molecule has 0 aliphatic rings. The van der Waals surface area contributed by atoms with Crippen LogP contribution < -0.4 is 5.32 Å². The Bertz CT molecular complexity index is 401. The highest BCUT2D eigenvalue weighted by Gasteiger charge is 2.10. The van der Waals surface area contributed by atoms with Crippen LogP contribution in [0.2, 0.25) is 0 Å². The fraction of sp³-hybridized carbons (Fsp3) is 0.706. The first kappa shape index (κ1) is 18.1. The molecule has 1 aromatic rings. The molecular weight excluding hydrogens is 262 g/mol. The van der Waals surface area contributed by atoms with Crippen LogP contribution >= 0.6 is 0 Å². The number of nitrogens with one attached hydrogen (secondary N) is 1. The third-order valence-electron chi connectivity index (χ3n) is 3.25. The van der Waals surface area contributed by atoms with Crippen molar-refractivity contribution in [3.8, 4) is 0 Å². The Morgan fingerprint density at radius 2 is 1.90 bits per heavy atom. The molecule has 0 bridgehead atoms. The van der Waals surface area contributed by atoms with E-state index in [4.69, 9.17) is 9.72 Å². The molecule has 1 N–H and O–H groups in total. The SMILES string of the molecule is CCOCCN(CC)Cc1cccc(CNC(C)(C)C)n1. The Morgan fingerprint density at radius 3 is 2.52 bits per heavy atom. The standard InChI is InChI=1S/C17H31N3O/c1-6-20(11-12-21-7-2)14-16-10-8-9-15(19-16)13-18-17(3,4)5/h8-10,18H,6-7,11-14H2,1-5H3. The first-order valence-corrected chi connectivity index (χ1v) is 7.94. The lowest BCUT2D eigenvalue weighted by atomic mass is 10.1. The summed E-state index contributed by atoms with van der Waals surface area (Å²) in [5.41, 5.74) is 2.34. The van der Waals surface area contributed by atoms with Gasteiger partial charge in [0.25, 0.3) is 0 Å². The van der Waals surface area contributed by atoms with Crippen molar-refractivity contribution >= 4 is 0 Å². The van der Waals surface area contributed by atoms with E-state index in [1.54, 1.807) is 0 Å². The van der Waals surface area contributed by atoms with Gasteiger partial charge in [-0.2, -0.15) is 0 Å². The molecule has 0 aliphatic carbocycles. The summed E-state index contributed by atoms with van der Waals surface area (Å²) >= 11 is 0. The van der Waals surface area contributed by atoms with Crippen LogP contribution in [0.3, 0.4) is 0 Å². The highest BCUT2D eigenvalue weighted by molar-refractivity contribution is 5.11. The van der Waals surface area contributed by atoms with Crippen molar-refractivity contribution in [3.05, 3.63) is 29.6 Å². The molecule has 0 atom stereocenters. The summed E-state index contributed by atoms with van der Waals surface area (Å²) in [6.07, 6.45) is 0. The van der Waals surface area contributed by atoms with Gasteiger partial charge >= 0.3 is 0 Å². The number of pyridine rings is 1. The average Bonchev–Trinajstić information content (AvgIpc) is 2.44. The lowest BCUT2D eigenvalue weighted by Crippen LogP contribution is -2.35. The molecule has 0 aliphatic heterocycles. The van der Waals surface area contributed by atoms with Crippen LogP contribution in [-0.4, -0.2) is 41.7 Å². The van der Waals surface area contributed by atoms with E-state index in [-0.39, 0.29) is 5.54 Å². The van der Waals surface area contributed by atoms with Gasteiger partial charge in [-0.05, 0) is 46.4 Å². The number of rotatable bonds is 9. The topological polar surface area (TPSA) is 37.4 Å². The summed E-state index contributed by atoms with van der Waals surface area (Å²) in [7, 11) is 0. The molecule has 0 radical (unpaired) electrons. The summed E-state index contributed by atoms with van der Waals surface area (Å²) in [5.74, 6) is 0. The smallest absolute Gasteiger partial charge is 0.0593 e. The molecule has 1 aromatic heterocycles. The van der Waals surface area contributed by atoms with Crippen LogP contribution in [0, 0.1) is 0 Å². The van der Waals surface area contributed by atoms with Gasteiger partial charge in [0.15, 0.2) is 0 Å². The molecule has 1 rings (SSSR count). The summed E-state index contributed by atoms with van der Waals surface area (Å²) in [6.45, 7) is 15.9. The van der Waals surface area contributed by atoms with Gasteiger partial charge in [-0.25, -0.2) is 0 Å². The molecule has 0 amide bonds. The second-order valence-corrected chi connectivity index (χ2v) is 6.29. The van der Waals surface area contributed by atoms with Crippen molar-refractivity contribution < 1.29 is 4.74 Å². The van der Waals surface area contributed by atoms with Crippen LogP contribution in [0.15, 0.2) is 18.2 Å². The zero-order chi connectivity index (χ0) is 15.7. The molecule has 0 unspecified atom stereocenters. The first-order valence-electron chi connectivity index (χ1n) is 7.94. The predicted molar refractivity (Wildman–Crippen MR) is 88.3 cm³/mol. The lowest BCUT2D eigenvalue weighted by Gasteiger charge is -2.21. The van der Waals surface area contributed by atoms with Gasteiger partial charge in [0.1, 0.15) is 0 Å². The van der Waals surface area contributed by atoms with Gasteiger partial charge in [0.05, 0.1) is 18.0 Å². The molecule has 0 spiro atoms. The van der Waals surface area contributed by atoms with E-state index in [0.29, 0.717) is 0 Å². The monoisotopic (exact) mass is 293 g/mol. The zero-order valence-electron chi connectivity index (χ0n) is 14.3. The zero-order valence-corrected chi connectivity index (χ0v) is 14.3. The minimum absolute atomic E-state index is 0.116. The number of hydrogen-bond donors (Lipinski definition) is 1. The maximum atomic E-state index is 5.43. The van der Waals surface area contributed by atoms with Crippen LogP contribution in [0.1, 0.15) is 46.0 Å². The minimum atomic E-state index is 0.116. The van der Waals surface area contributed by atoms with Crippen LogP contribution in [0.25, 0.3) is 0 Å². The van der Waals surface area contributed by atoms with Gasteiger partial charge in [0.2, 0.25) is 0 Å². The fourth-order valence-corrected chi connectivity index (χ4v) is 1.99. The summed E-state index contributed by atoms with van der Waals surface area (Å²) in [6, 6.07) is 6.28. The van der Waals surface area contributed by atoms with E-state index in [1.165, 1.54) is 0 Å². The normalized spacial score (nSPS) is 12.1. The van der Waals surface area contributed by atoms with Gasteiger partial charge in [-0.3, -0.25) is 9.88 Å². The van der Waals surface area contributed by atoms with E-state index in [0.717, 1.165) is 50.8 Å². The second kappa shape index (κ2) is 9.13. The predicted octanol–water partition coefficient (Wildman–Crippen LogP) is 2.83. The van der Waals surface area contributed by atoms with Crippen molar-refractivity contribution in [2.75, 3.05) is 26.3 Å². The van der Waals surface area contributed by atoms with E-state index >= 15 is 0 Å². The van der Waals surface area contributed by atoms with Crippen molar-refractivity contribution in [1.82, 2.24) is 15.2 Å². The Morgan fingerprint density at radius 1 is 1.19 bits per heavy atom. The molecule has 0 fully saturated rings. The number of ether oxygens (including phenoxy) is 1. The number of hydrogen-bond acceptors (Lipinski definition) is 4. The quantitative estimate of drug-likeness (QED) is 0.710. The largest absolute Gasteiger partial charge is 0.380 e. The number of likely N-dealkylation sites (N-methyl/N-ethyl adjacent to an activating group) is 1. The van der Waals surface area contributed by atoms with Crippen molar-refractivity contribution in [1.29, 1.82) is 0 Å². The highest BCUT2D eigenvalue weighted by atomic mass is 16.5. The molecule has 21 heavy (non-hydrogen) atoms. The maximum Gasteiger partial charge on any atom is 0.0593 e. The van der Waals surface area contributed by atoms with Crippen molar-refractivity contribution in [2.24, 2.45) is 0 Å². The Kier molecular flexibility index (Phi) is 7.86. The lowest BCUT2D eigenvalue weighted by molar-refractivity contribution is 0.112. The summed E-state index contributed by atoms with van der Waals surface area (Å²) in [5, 5.41) is 3.48. The molecule has 4 heteroatoms. The average molecular weight is 293 g/mol. The van der Waals surface area contributed by atoms with Crippen LogP contribution in [0.4, 0.5) is 0 Å². The Balaban J connectivity index is 2.54. The third kappa shape index (κ3) is 8.15. The summed E-state index contributed by atoms with van der Waals surface area (Å²) < 4.78 is 5.43. The van der Waals surface area contributed by atoms with E-state index in [1.807, 2.05) is 6.92 Å². The Hall–Kier alpha value is -0.970. The maximum absolute atomic E-state index is 5.43. The van der Waals surface area contributed by atoms with E-state index in [9.17, 15) is 0 Å². The van der Waals surface area contributed by atoms with Crippen LogP contribution in [0.5, 0.6) is 0 Å². The highest BCUT2D eigenvalue weighted by Crippen LogP contribution is 2.06. The van der Waals surface area contributed by atoms with Crippen molar-refractivity contribution in [2.45, 2.75) is 53.2 Å². The van der Waals surface area contributed by atoms with Crippen molar-refractivity contribution in [3.63, 3.8) is 0 Å². The van der Waals surface area contributed by atoms with Gasteiger partial charge < -0.3 is 10.1 Å². The molecule has 120 valence electrons. The van der Waals surface area contributed by atoms with Gasteiger partial charge in [0, 0.05) is 31.8 Å². The fourth-order valence-electron chi connectivity index (χ4n) is 1.99.